The molecule has 4 aromatic heterocycles. The third-order valence-corrected chi connectivity index (χ3v) is 5.69. The topological polar surface area (TPSA) is 104 Å². The van der Waals surface area contributed by atoms with E-state index >= 15 is 0 Å². The van der Waals surface area contributed by atoms with Crippen molar-refractivity contribution in [3.8, 4) is 0 Å². The molecule has 1 amide bonds. The summed E-state index contributed by atoms with van der Waals surface area (Å²) in [6, 6.07) is 13.5. The molecule has 0 radical (unpaired) electrons. The monoisotopic (exact) mass is 443 g/mol. The van der Waals surface area contributed by atoms with Gasteiger partial charge in [0.2, 0.25) is 5.91 Å². The summed E-state index contributed by atoms with van der Waals surface area (Å²) in [6.45, 7) is 3.56. The molecule has 0 saturated carbocycles. The van der Waals surface area contributed by atoms with Crippen LogP contribution in [0.2, 0.25) is 0 Å². The average molecular weight is 444 g/mol. The van der Waals surface area contributed by atoms with E-state index in [9.17, 15) is 4.79 Å². The van der Waals surface area contributed by atoms with Crippen LogP contribution < -0.4 is 10.2 Å². The van der Waals surface area contributed by atoms with Gasteiger partial charge in [-0.1, -0.05) is 12.1 Å². The van der Waals surface area contributed by atoms with E-state index in [1.54, 1.807) is 16.9 Å². The first kappa shape index (κ1) is 20.8. The molecule has 1 saturated heterocycles. The fourth-order valence-electron chi connectivity index (χ4n) is 3.88. The second kappa shape index (κ2) is 9.60. The molecule has 33 heavy (non-hydrogen) atoms. The summed E-state index contributed by atoms with van der Waals surface area (Å²) in [5.74, 6) is 2.47. The van der Waals surface area contributed by atoms with Crippen molar-refractivity contribution in [3.05, 3.63) is 72.4 Å². The first-order chi connectivity index (χ1) is 16.3. The van der Waals surface area contributed by atoms with Gasteiger partial charge in [-0.05, 0) is 35.9 Å². The summed E-state index contributed by atoms with van der Waals surface area (Å²) in [5.41, 5.74) is 1.73. The summed E-state index contributed by atoms with van der Waals surface area (Å²) >= 11 is 0. The van der Waals surface area contributed by atoms with E-state index in [4.69, 9.17) is 0 Å². The molecule has 1 aliphatic heterocycles. The van der Waals surface area contributed by atoms with Gasteiger partial charge >= 0.3 is 0 Å². The van der Waals surface area contributed by atoms with Crippen molar-refractivity contribution in [1.29, 1.82) is 0 Å². The Hall–Kier alpha value is -4.08. The number of nitrogens with zero attached hydrogens (tertiary/aromatic N) is 8. The number of piperazine rings is 1. The lowest BCUT2D eigenvalue weighted by atomic mass is 10.2. The van der Waals surface area contributed by atoms with E-state index in [1.165, 1.54) is 0 Å². The average Bonchev–Trinajstić information content (AvgIpc) is 3.29. The number of amides is 1. The fraction of sp³-hybridized carbons (Fsp3) is 0.304. The number of anilines is 2. The van der Waals surface area contributed by atoms with Crippen molar-refractivity contribution in [2.45, 2.75) is 19.4 Å². The van der Waals surface area contributed by atoms with Crippen LogP contribution in [0.25, 0.3) is 5.65 Å². The van der Waals surface area contributed by atoms with E-state index in [0.29, 0.717) is 49.8 Å². The molecular formula is C23H25N9O. The standard InChI is InChI=1S/C23H25N9O/c33-23(31-14-12-30(13-15-31)20-5-1-2-11-25-20)9-8-22-28-27-21-7-6-19(29-32(21)22)26-17-18-4-3-10-24-16-18/h1-7,10-11,16H,8-9,12-15,17H2,(H,26,29). The normalized spacial score (nSPS) is 13.9. The molecule has 0 atom stereocenters. The molecule has 1 N–H and O–H groups in total. The third kappa shape index (κ3) is 4.89. The minimum atomic E-state index is 0.123. The number of hydrogen-bond acceptors (Lipinski definition) is 8. The van der Waals surface area contributed by atoms with Gasteiger partial charge in [0.1, 0.15) is 11.6 Å². The highest BCUT2D eigenvalue weighted by atomic mass is 16.2. The molecule has 4 aromatic rings. The first-order valence-corrected chi connectivity index (χ1v) is 11.0. The van der Waals surface area contributed by atoms with E-state index in [0.717, 1.165) is 24.5 Å². The predicted octanol–water partition coefficient (Wildman–Crippen LogP) is 1.81. The van der Waals surface area contributed by atoms with Crippen LogP contribution in [-0.2, 0) is 17.8 Å². The van der Waals surface area contributed by atoms with Crippen LogP contribution in [0.15, 0.2) is 61.1 Å². The van der Waals surface area contributed by atoms with Crippen molar-refractivity contribution >= 4 is 23.2 Å². The number of rotatable bonds is 7. The molecule has 0 unspecified atom stereocenters. The second-order valence-electron chi connectivity index (χ2n) is 7.88. The summed E-state index contributed by atoms with van der Waals surface area (Å²) in [7, 11) is 0. The quantitative estimate of drug-likeness (QED) is 0.461. The fourth-order valence-corrected chi connectivity index (χ4v) is 3.88. The van der Waals surface area contributed by atoms with Crippen LogP contribution in [-0.4, -0.2) is 66.8 Å². The number of aromatic nitrogens is 6. The molecule has 5 heterocycles. The van der Waals surface area contributed by atoms with Crippen molar-refractivity contribution < 1.29 is 4.79 Å². The number of carbonyl (C=O) groups is 1. The lowest BCUT2D eigenvalue weighted by Gasteiger charge is -2.35. The zero-order chi connectivity index (χ0) is 22.5. The molecule has 1 aliphatic rings. The van der Waals surface area contributed by atoms with Crippen molar-refractivity contribution in [2.24, 2.45) is 0 Å². The Morgan fingerprint density at radius 1 is 0.970 bits per heavy atom. The minimum absolute atomic E-state index is 0.123. The lowest BCUT2D eigenvalue weighted by Crippen LogP contribution is -2.49. The Morgan fingerprint density at radius 3 is 2.67 bits per heavy atom. The SMILES string of the molecule is O=C(CCc1nnc2ccc(NCc3cccnc3)nn12)N1CCN(c2ccccn2)CC1. The van der Waals surface area contributed by atoms with Crippen LogP contribution in [0.5, 0.6) is 0 Å². The van der Waals surface area contributed by atoms with Crippen LogP contribution in [0, 0.1) is 0 Å². The molecule has 0 spiro atoms. The van der Waals surface area contributed by atoms with Gasteiger partial charge in [0, 0.05) is 64.2 Å². The molecule has 1 fully saturated rings. The summed E-state index contributed by atoms with van der Waals surface area (Å²) < 4.78 is 1.71. The van der Waals surface area contributed by atoms with Crippen LogP contribution in [0.4, 0.5) is 11.6 Å². The Bertz CT molecular complexity index is 1200. The molecule has 10 nitrogen and oxygen atoms in total. The molecule has 168 valence electrons. The van der Waals surface area contributed by atoms with Gasteiger partial charge in [0.15, 0.2) is 11.5 Å². The summed E-state index contributed by atoms with van der Waals surface area (Å²) in [6.07, 6.45) is 6.22. The number of nitrogens with one attached hydrogen (secondary N) is 1. The zero-order valence-corrected chi connectivity index (χ0v) is 18.2. The maximum Gasteiger partial charge on any atom is 0.223 e. The molecule has 0 bridgehead atoms. The Labute approximate surface area is 191 Å². The van der Waals surface area contributed by atoms with Crippen LogP contribution >= 0.6 is 0 Å². The van der Waals surface area contributed by atoms with Crippen LogP contribution in [0.1, 0.15) is 17.8 Å². The highest BCUT2D eigenvalue weighted by Crippen LogP contribution is 2.14. The van der Waals surface area contributed by atoms with Gasteiger partial charge in [-0.25, -0.2) is 4.98 Å². The third-order valence-electron chi connectivity index (χ3n) is 5.69. The number of pyridine rings is 2. The van der Waals surface area contributed by atoms with Crippen molar-refractivity contribution in [1.82, 2.24) is 34.7 Å². The van der Waals surface area contributed by atoms with Gasteiger partial charge in [-0.15, -0.1) is 15.3 Å². The zero-order valence-electron chi connectivity index (χ0n) is 18.2. The number of aryl methyl sites for hydroxylation is 1. The largest absolute Gasteiger partial charge is 0.364 e. The number of fused-ring (bicyclic) bond motifs is 1. The van der Waals surface area contributed by atoms with E-state index in [1.807, 2.05) is 53.6 Å². The Kier molecular flexibility index (Phi) is 6.05. The van der Waals surface area contributed by atoms with Gasteiger partial charge < -0.3 is 15.1 Å². The highest BCUT2D eigenvalue weighted by molar-refractivity contribution is 5.76. The van der Waals surface area contributed by atoms with Crippen molar-refractivity contribution in [2.75, 3.05) is 36.4 Å². The Morgan fingerprint density at radius 2 is 1.88 bits per heavy atom. The maximum absolute atomic E-state index is 12.8. The van der Waals surface area contributed by atoms with Gasteiger partial charge in [-0.3, -0.25) is 9.78 Å². The van der Waals surface area contributed by atoms with E-state index in [2.05, 4.69) is 35.5 Å². The van der Waals surface area contributed by atoms with Gasteiger partial charge in [-0.2, -0.15) is 4.52 Å². The van der Waals surface area contributed by atoms with Crippen LogP contribution in [0.3, 0.4) is 0 Å². The summed E-state index contributed by atoms with van der Waals surface area (Å²) in [5, 5.41) is 16.3. The molecule has 0 aromatic carbocycles. The predicted molar refractivity (Wildman–Crippen MR) is 124 cm³/mol. The maximum atomic E-state index is 12.8. The minimum Gasteiger partial charge on any atom is -0.364 e. The summed E-state index contributed by atoms with van der Waals surface area (Å²) in [4.78, 5) is 25.4. The van der Waals surface area contributed by atoms with Gasteiger partial charge in [0.05, 0.1) is 0 Å². The lowest BCUT2D eigenvalue weighted by molar-refractivity contribution is -0.131. The second-order valence-corrected chi connectivity index (χ2v) is 7.88. The first-order valence-electron chi connectivity index (χ1n) is 11.0. The molecule has 0 aliphatic carbocycles. The van der Waals surface area contributed by atoms with E-state index in [-0.39, 0.29) is 5.91 Å². The molecular weight excluding hydrogens is 418 g/mol. The Balaban J connectivity index is 1.17. The van der Waals surface area contributed by atoms with E-state index < -0.39 is 0 Å². The smallest absolute Gasteiger partial charge is 0.223 e. The highest BCUT2D eigenvalue weighted by Gasteiger charge is 2.22. The molecule has 10 heteroatoms. The van der Waals surface area contributed by atoms with Crippen molar-refractivity contribution in [3.63, 3.8) is 0 Å². The number of hydrogen-bond donors (Lipinski definition) is 1. The number of carbonyl (C=O) groups excluding carboxylic acids is 1. The van der Waals surface area contributed by atoms with Gasteiger partial charge in [0.25, 0.3) is 0 Å². The molecule has 5 rings (SSSR count).